The molecule has 0 aromatic rings. The quantitative estimate of drug-likeness (QED) is 0.351. The molecule has 0 aromatic heterocycles. The molecule has 0 bridgehead atoms. The maximum absolute atomic E-state index is 4.94. The van der Waals surface area contributed by atoms with E-state index in [4.69, 9.17) is 4.74 Å². The van der Waals surface area contributed by atoms with Crippen LogP contribution in [0.5, 0.6) is 0 Å². The van der Waals surface area contributed by atoms with E-state index < -0.39 is 0 Å². The molecule has 1 nitrogen and oxygen atoms in total. The molecule has 0 aromatic carbocycles. The van der Waals surface area contributed by atoms with Gasteiger partial charge in [0.25, 0.3) is 0 Å². The molecule has 0 N–H and O–H groups in total. The van der Waals surface area contributed by atoms with E-state index in [-0.39, 0.29) is 40.0 Å². The first-order valence-electron chi connectivity index (χ1n) is 3.39. The smallest absolute Gasteiger partial charge is 1.00 e. The van der Waals surface area contributed by atoms with Gasteiger partial charge in [-0.2, -0.15) is 0 Å². The molecule has 2 rings (SSSR count). The predicted molar refractivity (Wildman–Crippen MR) is 39.3 cm³/mol. The van der Waals surface area contributed by atoms with Crippen LogP contribution in [-0.4, -0.2) is 36.3 Å². The summed E-state index contributed by atoms with van der Waals surface area (Å²) in [4.78, 5) is 0. The third kappa shape index (κ3) is 11.9. The molecule has 0 unspecified atom stereocenters. The summed E-state index contributed by atoms with van der Waals surface area (Å²) in [5, 5.41) is 0. The monoisotopic (exact) mass is 216 g/mol. The normalized spacial score (nSPS) is 19.2. The Balaban J connectivity index is 0. The largest absolute Gasteiger partial charge is 2.00 e. The summed E-state index contributed by atoms with van der Waals surface area (Å²) in [6.07, 6.45) is 7.56. The van der Waals surface area contributed by atoms with Gasteiger partial charge in [-0.1, -0.05) is 0 Å². The van der Waals surface area contributed by atoms with Crippen LogP contribution in [0.25, 0.3) is 0 Å². The molecule has 2 aliphatic rings. The SMILES string of the molecule is C1CCOC1.[Br-].[CH-]1CC1.[Mg+2]. The fourth-order valence-electron chi connectivity index (χ4n) is 0.510. The molecule has 1 heterocycles. The van der Waals surface area contributed by atoms with Gasteiger partial charge in [0, 0.05) is 13.2 Å². The van der Waals surface area contributed by atoms with E-state index in [1.807, 2.05) is 0 Å². The van der Waals surface area contributed by atoms with Gasteiger partial charge in [0.2, 0.25) is 0 Å². The Labute approximate surface area is 89.8 Å². The third-order valence-corrected chi connectivity index (χ3v) is 1.12. The van der Waals surface area contributed by atoms with E-state index in [0.29, 0.717) is 0 Å². The van der Waals surface area contributed by atoms with E-state index >= 15 is 0 Å². The van der Waals surface area contributed by atoms with Crippen molar-refractivity contribution in [1.82, 2.24) is 0 Å². The minimum absolute atomic E-state index is 0. The van der Waals surface area contributed by atoms with Crippen LogP contribution in [0, 0.1) is 6.42 Å². The maximum atomic E-state index is 4.94. The van der Waals surface area contributed by atoms with Crippen molar-refractivity contribution in [3.8, 4) is 0 Å². The van der Waals surface area contributed by atoms with Crippen molar-refractivity contribution in [1.29, 1.82) is 0 Å². The second-order valence-electron chi connectivity index (χ2n) is 2.19. The van der Waals surface area contributed by atoms with Crippen molar-refractivity contribution in [2.45, 2.75) is 25.7 Å². The average Bonchev–Trinajstić information content (AvgIpc) is 2.55. The summed E-state index contributed by atoms with van der Waals surface area (Å²) < 4.78 is 4.94. The molecule has 0 amide bonds. The zero-order valence-corrected chi connectivity index (χ0v) is 9.31. The Hall–Kier alpha value is 1.21. The number of ether oxygens (including phenoxy) is 1. The number of halogens is 1. The summed E-state index contributed by atoms with van der Waals surface area (Å²) in [5.74, 6) is 0. The van der Waals surface area contributed by atoms with Crippen LogP contribution in [0.1, 0.15) is 25.7 Å². The minimum Gasteiger partial charge on any atom is -1.00 e. The van der Waals surface area contributed by atoms with E-state index in [1.54, 1.807) is 0 Å². The molecular formula is C7H13BrMgO. The van der Waals surface area contributed by atoms with E-state index in [0.717, 1.165) is 13.2 Å². The van der Waals surface area contributed by atoms with Crippen molar-refractivity contribution < 1.29 is 21.7 Å². The minimum atomic E-state index is 0. The van der Waals surface area contributed by atoms with E-state index in [9.17, 15) is 0 Å². The second kappa shape index (κ2) is 10.2. The summed E-state index contributed by atoms with van der Waals surface area (Å²) >= 11 is 0. The molecule has 0 radical (unpaired) electrons. The van der Waals surface area contributed by atoms with Gasteiger partial charge in [-0.05, 0) is 12.8 Å². The molecular weight excluding hydrogens is 204 g/mol. The van der Waals surface area contributed by atoms with Gasteiger partial charge in [0.05, 0.1) is 0 Å². The Morgan fingerprint density at radius 1 is 1.00 bits per heavy atom. The van der Waals surface area contributed by atoms with Crippen molar-refractivity contribution in [2.24, 2.45) is 0 Å². The first-order chi connectivity index (χ1) is 4.00. The fraction of sp³-hybridized carbons (Fsp3) is 0.857. The molecule has 3 heteroatoms. The number of hydrogen-bond acceptors (Lipinski definition) is 1. The Morgan fingerprint density at radius 2 is 1.40 bits per heavy atom. The van der Waals surface area contributed by atoms with Crippen molar-refractivity contribution in [2.75, 3.05) is 13.2 Å². The topological polar surface area (TPSA) is 9.23 Å². The summed E-state index contributed by atoms with van der Waals surface area (Å²) in [6, 6.07) is 0. The van der Waals surface area contributed by atoms with Crippen molar-refractivity contribution in [3.63, 3.8) is 0 Å². The summed E-state index contributed by atoms with van der Waals surface area (Å²) in [7, 11) is 0. The number of rotatable bonds is 0. The molecule has 1 saturated heterocycles. The standard InChI is InChI=1S/C4H8O.C3H5.BrH.Mg/c1-2-4-5-3-1;1-2-3-1;;/h1-4H2;1H,2-3H2;1H;/q;-1;;+2/p-1. The van der Waals surface area contributed by atoms with Crippen LogP contribution in [0.4, 0.5) is 0 Å². The Bertz CT molecular complexity index is 45.2. The van der Waals surface area contributed by atoms with Gasteiger partial charge >= 0.3 is 23.1 Å². The average molecular weight is 217 g/mol. The van der Waals surface area contributed by atoms with E-state index in [2.05, 4.69) is 6.42 Å². The van der Waals surface area contributed by atoms with Crippen molar-refractivity contribution in [3.05, 3.63) is 6.42 Å². The summed E-state index contributed by atoms with van der Waals surface area (Å²) in [5.41, 5.74) is 0. The van der Waals surface area contributed by atoms with Gasteiger partial charge < -0.3 is 28.1 Å². The number of hydrogen-bond donors (Lipinski definition) is 0. The maximum Gasteiger partial charge on any atom is 2.00 e. The van der Waals surface area contributed by atoms with Crippen LogP contribution in [0.3, 0.4) is 0 Å². The van der Waals surface area contributed by atoms with Gasteiger partial charge in [0.1, 0.15) is 0 Å². The van der Waals surface area contributed by atoms with E-state index in [1.165, 1.54) is 25.7 Å². The molecule has 0 atom stereocenters. The molecule has 1 saturated carbocycles. The fourth-order valence-corrected chi connectivity index (χ4v) is 0.510. The van der Waals surface area contributed by atoms with Crippen LogP contribution in [0.2, 0.25) is 0 Å². The third-order valence-electron chi connectivity index (χ3n) is 1.12. The second-order valence-corrected chi connectivity index (χ2v) is 2.19. The first kappa shape index (κ1) is 13.8. The molecule has 2 fully saturated rings. The molecule has 0 spiro atoms. The van der Waals surface area contributed by atoms with Crippen molar-refractivity contribution >= 4 is 23.1 Å². The molecule has 56 valence electrons. The van der Waals surface area contributed by atoms with Crippen LogP contribution >= 0.6 is 0 Å². The first-order valence-corrected chi connectivity index (χ1v) is 3.39. The molecule has 10 heavy (non-hydrogen) atoms. The predicted octanol–water partition coefficient (Wildman–Crippen LogP) is -1.60. The van der Waals surface area contributed by atoms with Gasteiger partial charge in [0.15, 0.2) is 0 Å². The van der Waals surface area contributed by atoms with Crippen LogP contribution in [-0.2, 0) is 4.74 Å². The Morgan fingerprint density at radius 3 is 1.50 bits per heavy atom. The zero-order chi connectivity index (χ0) is 5.66. The van der Waals surface area contributed by atoms with Gasteiger partial charge in [-0.3, -0.25) is 0 Å². The van der Waals surface area contributed by atoms with Gasteiger partial charge in [-0.25, -0.2) is 12.8 Å². The molecule has 1 aliphatic carbocycles. The zero-order valence-electron chi connectivity index (χ0n) is 6.31. The van der Waals surface area contributed by atoms with Gasteiger partial charge in [-0.15, -0.1) is 0 Å². The Kier molecular flexibility index (Phi) is 14.1. The molecule has 1 aliphatic heterocycles. The van der Waals surface area contributed by atoms with Crippen LogP contribution in [0.15, 0.2) is 0 Å². The summed E-state index contributed by atoms with van der Waals surface area (Å²) in [6.45, 7) is 2.00. The van der Waals surface area contributed by atoms with Crippen LogP contribution < -0.4 is 17.0 Å².